The predicted molar refractivity (Wildman–Crippen MR) is 117 cm³/mol. The van der Waals surface area contributed by atoms with E-state index < -0.39 is 0 Å². The summed E-state index contributed by atoms with van der Waals surface area (Å²) in [6.07, 6.45) is 0.982. The molecule has 2 aromatic carbocycles. The SMILES string of the molecule is CCC(C)Oc1cccc(C(=O)NC(=S)Nc2cccc(OCC(C)C)c2)c1. The summed E-state index contributed by atoms with van der Waals surface area (Å²) in [6, 6.07) is 14.5. The molecule has 0 radical (unpaired) electrons. The van der Waals surface area contributed by atoms with Crippen LogP contribution in [-0.2, 0) is 0 Å². The highest BCUT2D eigenvalue weighted by atomic mass is 32.1. The van der Waals surface area contributed by atoms with E-state index >= 15 is 0 Å². The lowest BCUT2D eigenvalue weighted by Gasteiger charge is -2.14. The molecule has 0 saturated carbocycles. The van der Waals surface area contributed by atoms with Crippen LogP contribution in [0.1, 0.15) is 44.5 Å². The average Bonchev–Trinajstić information content (AvgIpc) is 2.66. The Balaban J connectivity index is 1.95. The van der Waals surface area contributed by atoms with Crippen molar-refractivity contribution in [1.29, 1.82) is 0 Å². The standard InChI is InChI=1S/C22H28N2O3S/c1-5-16(4)27-20-11-6-8-17(12-20)21(25)24-22(28)23-18-9-7-10-19(13-18)26-14-15(2)3/h6-13,15-16H,5,14H2,1-4H3,(H2,23,24,25,28). The van der Waals surface area contributed by atoms with Gasteiger partial charge in [0.15, 0.2) is 5.11 Å². The van der Waals surface area contributed by atoms with Crippen LogP contribution < -0.4 is 20.1 Å². The lowest BCUT2D eigenvalue weighted by Crippen LogP contribution is -2.34. The van der Waals surface area contributed by atoms with E-state index in [9.17, 15) is 4.79 Å². The number of anilines is 1. The molecule has 150 valence electrons. The van der Waals surface area contributed by atoms with E-state index in [0.717, 1.165) is 17.9 Å². The summed E-state index contributed by atoms with van der Waals surface area (Å²) in [5.41, 5.74) is 1.24. The highest BCUT2D eigenvalue weighted by Gasteiger charge is 2.10. The minimum absolute atomic E-state index is 0.0891. The molecule has 28 heavy (non-hydrogen) atoms. The van der Waals surface area contributed by atoms with Gasteiger partial charge in [-0.15, -0.1) is 0 Å². The first-order valence-corrected chi connectivity index (χ1v) is 9.90. The van der Waals surface area contributed by atoms with Crippen LogP contribution in [0.15, 0.2) is 48.5 Å². The van der Waals surface area contributed by atoms with Crippen molar-refractivity contribution >= 4 is 28.9 Å². The maximum atomic E-state index is 12.5. The summed E-state index contributed by atoms with van der Waals surface area (Å²) in [6.45, 7) is 8.87. The second-order valence-corrected chi connectivity index (χ2v) is 7.41. The molecule has 0 aromatic heterocycles. The topological polar surface area (TPSA) is 59.6 Å². The van der Waals surface area contributed by atoms with Crippen molar-refractivity contribution in [3.05, 3.63) is 54.1 Å². The molecule has 0 aliphatic rings. The third-order valence-corrected chi connectivity index (χ3v) is 4.11. The van der Waals surface area contributed by atoms with Crippen molar-refractivity contribution < 1.29 is 14.3 Å². The van der Waals surface area contributed by atoms with E-state index in [1.807, 2.05) is 44.2 Å². The Kier molecular flexibility index (Phi) is 8.26. The van der Waals surface area contributed by atoms with Crippen LogP contribution in [0.5, 0.6) is 11.5 Å². The number of amides is 1. The van der Waals surface area contributed by atoms with E-state index in [4.69, 9.17) is 21.7 Å². The van der Waals surface area contributed by atoms with Crippen molar-refractivity contribution in [2.24, 2.45) is 5.92 Å². The number of hydrogen-bond donors (Lipinski definition) is 2. The Bertz CT molecular complexity index is 808. The van der Waals surface area contributed by atoms with Crippen LogP contribution >= 0.6 is 12.2 Å². The Labute approximate surface area is 172 Å². The van der Waals surface area contributed by atoms with Gasteiger partial charge < -0.3 is 14.8 Å². The molecule has 2 aromatic rings. The molecule has 0 spiro atoms. The number of ether oxygens (including phenoxy) is 2. The fraction of sp³-hybridized carbons (Fsp3) is 0.364. The van der Waals surface area contributed by atoms with Gasteiger partial charge in [0, 0.05) is 17.3 Å². The van der Waals surface area contributed by atoms with Gasteiger partial charge in [0.05, 0.1) is 12.7 Å². The van der Waals surface area contributed by atoms with Gasteiger partial charge in [0.1, 0.15) is 11.5 Å². The molecule has 0 heterocycles. The molecule has 2 N–H and O–H groups in total. The average molecular weight is 401 g/mol. The first-order chi connectivity index (χ1) is 13.4. The van der Waals surface area contributed by atoms with Gasteiger partial charge >= 0.3 is 0 Å². The molecule has 2 rings (SSSR count). The molecule has 1 amide bonds. The molecule has 6 heteroatoms. The number of carbonyl (C=O) groups is 1. The minimum atomic E-state index is -0.292. The van der Waals surface area contributed by atoms with E-state index in [2.05, 4.69) is 24.5 Å². The summed E-state index contributed by atoms with van der Waals surface area (Å²) in [7, 11) is 0. The Hall–Kier alpha value is -2.60. The maximum absolute atomic E-state index is 12.5. The third-order valence-electron chi connectivity index (χ3n) is 3.91. The molecular weight excluding hydrogens is 372 g/mol. The van der Waals surface area contributed by atoms with Crippen molar-refractivity contribution in [2.45, 2.75) is 40.2 Å². The number of benzene rings is 2. The normalized spacial score (nSPS) is 11.6. The molecular formula is C22H28N2O3S. The molecule has 0 bridgehead atoms. The first kappa shape index (κ1) is 21.7. The summed E-state index contributed by atoms with van der Waals surface area (Å²) >= 11 is 5.27. The minimum Gasteiger partial charge on any atom is -0.493 e. The van der Waals surface area contributed by atoms with E-state index in [1.165, 1.54) is 0 Å². The van der Waals surface area contributed by atoms with Crippen LogP contribution in [0.4, 0.5) is 5.69 Å². The van der Waals surface area contributed by atoms with E-state index in [-0.39, 0.29) is 17.1 Å². The quantitative estimate of drug-likeness (QED) is 0.609. The summed E-state index contributed by atoms with van der Waals surface area (Å²) in [4.78, 5) is 12.5. The van der Waals surface area contributed by atoms with Crippen molar-refractivity contribution in [3.63, 3.8) is 0 Å². The van der Waals surface area contributed by atoms with Crippen molar-refractivity contribution in [2.75, 3.05) is 11.9 Å². The number of thiocarbonyl (C=S) groups is 1. The van der Waals surface area contributed by atoms with Crippen LogP contribution in [0, 0.1) is 5.92 Å². The zero-order valence-corrected chi connectivity index (χ0v) is 17.6. The lowest BCUT2D eigenvalue weighted by molar-refractivity contribution is 0.0977. The molecule has 0 aliphatic heterocycles. The van der Waals surface area contributed by atoms with Crippen LogP contribution in [-0.4, -0.2) is 23.7 Å². The highest BCUT2D eigenvalue weighted by Crippen LogP contribution is 2.18. The Morgan fingerprint density at radius 3 is 2.50 bits per heavy atom. The molecule has 0 saturated heterocycles. The van der Waals surface area contributed by atoms with Gasteiger partial charge in [-0.3, -0.25) is 10.1 Å². The monoisotopic (exact) mass is 400 g/mol. The van der Waals surface area contributed by atoms with Crippen molar-refractivity contribution in [3.8, 4) is 11.5 Å². The van der Waals surface area contributed by atoms with Gasteiger partial charge in [0.2, 0.25) is 0 Å². The van der Waals surface area contributed by atoms with Gasteiger partial charge in [-0.25, -0.2) is 0 Å². The number of carbonyl (C=O) groups excluding carboxylic acids is 1. The molecule has 1 unspecified atom stereocenters. The highest BCUT2D eigenvalue weighted by molar-refractivity contribution is 7.80. The molecule has 1 atom stereocenters. The van der Waals surface area contributed by atoms with Gasteiger partial charge in [-0.2, -0.15) is 0 Å². The van der Waals surface area contributed by atoms with Gasteiger partial charge in [-0.1, -0.05) is 32.9 Å². The number of hydrogen-bond acceptors (Lipinski definition) is 4. The second-order valence-electron chi connectivity index (χ2n) is 7.01. The summed E-state index contributed by atoms with van der Waals surface area (Å²) in [5, 5.41) is 5.93. The number of nitrogens with one attached hydrogen (secondary N) is 2. The third kappa shape index (κ3) is 7.19. The fourth-order valence-corrected chi connectivity index (χ4v) is 2.50. The molecule has 0 fully saturated rings. The van der Waals surface area contributed by atoms with Gasteiger partial charge in [-0.05, 0) is 61.8 Å². The maximum Gasteiger partial charge on any atom is 0.257 e. The van der Waals surface area contributed by atoms with E-state index in [1.54, 1.807) is 18.2 Å². The number of rotatable bonds is 8. The van der Waals surface area contributed by atoms with Crippen LogP contribution in [0.25, 0.3) is 0 Å². The Morgan fingerprint density at radius 2 is 1.79 bits per heavy atom. The molecule has 5 nitrogen and oxygen atoms in total. The summed E-state index contributed by atoms with van der Waals surface area (Å²) in [5.74, 6) is 1.56. The fourth-order valence-electron chi connectivity index (χ4n) is 2.29. The second kappa shape index (κ2) is 10.7. The largest absolute Gasteiger partial charge is 0.493 e. The zero-order valence-electron chi connectivity index (χ0n) is 16.8. The molecule has 0 aliphatic carbocycles. The van der Waals surface area contributed by atoms with Gasteiger partial charge in [0.25, 0.3) is 5.91 Å². The van der Waals surface area contributed by atoms with E-state index in [0.29, 0.717) is 23.8 Å². The van der Waals surface area contributed by atoms with Crippen LogP contribution in [0.3, 0.4) is 0 Å². The van der Waals surface area contributed by atoms with Crippen molar-refractivity contribution in [1.82, 2.24) is 5.32 Å². The zero-order chi connectivity index (χ0) is 20.5. The predicted octanol–water partition coefficient (Wildman–Crippen LogP) is 5.03. The lowest BCUT2D eigenvalue weighted by atomic mass is 10.2. The smallest absolute Gasteiger partial charge is 0.257 e. The van der Waals surface area contributed by atoms with Crippen LogP contribution in [0.2, 0.25) is 0 Å². The Morgan fingerprint density at radius 1 is 1.07 bits per heavy atom. The summed E-state index contributed by atoms with van der Waals surface area (Å²) < 4.78 is 11.5. The first-order valence-electron chi connectivity index (χ1n) is 9.49.